The van der Waals surface area contributed by atoms with Gasteiger partial charge < -0.3 is 14.2 Å². The third-order valence-corrected chi connectivity index (χ3v) is 5.43. The second-order valence-corrected chi connectivity index (χ2v) is 8.38. The number of anilines is 1. The smallest absolute Gasteiger partial charge is 0.227 e. The maximum Gasteiger partial charge on any atom is 0.227 e. The molecular weight excluding hydrogens is 334 g/mol. The summed E-state index contributed by atoms with van der Waals surface area (Å²) in [6, 6.07) is 8.61. The molecule has 1 atom stereocenters. The van der Waals surface area contributed by atoms with E-state index in [2.05, 4.69) is 88.0 Å². The second-order valence-electron chi connectivity index (χ2n) is 8.38. The van der Waals surface area contributed by atoms with E-state index in [4.69, 9.17) is 9.40 Å². The van der Waals surface area contributed by atoms with Crippen LogP contribution >= 0.6 is 0 Å². The van der Waals surface area contributed by atoms with E-state index in [-0.39, 0.29) is 6.17 Å². The number of furan rings is 1. The summed E-state index contributed by atoms with van der Waals surface area (Å²) >= 11 is 0. The SMILES string of the molecule is Cc1ccc2c(oc3nc(C(C)C)ccc32)c1N1C=CN(CC(C)C)[C@@H]1C. The summed E-state index contributed by atoms with van der Waals surface area (Å²) in [5.74, 6) is 1.01. The first-order valence-electron chi connectivity index (χ1n) is 9.92. The minimum atomic E-state index is 0.268. The third kappa shape index (κ3) is 2.97. The molecule has 0 N–H and O–H groups in total. The first-order valence-corrected chi connectivity index (χ1v) is 9.92. The lowest BCUT2D eigenvalue weighted by Gasteiger charge is -2.31. The molecule has 2 aromatic heterocycles. The fourth-order valence-corrected chi connectivity index (χ4v) is 3.92. The van der Waals surface area contributed by atoms with Gasteiger partial charge in [-0.2, -0.15) is 0 Å². The van der Waals surface area contributed by atoms with E-state index in [1.165, 1.54) is 5.56 Å². The van der Waals surface area contributed by atoms with E-state index < -0.39 is 0 Å². The van der Waals surface area contributed by atoms with Gasteiger partial charge in [-0.1, -0.05) is 39.8 Å². The number of pyridine rings is 1. The van der Waals surface area contributed by atoms with Crippen molar-refractivity contribution in [3.8, 4) is 0 Å². The van der Waals surface area contributed by atoms with Gasteiger partial charge in [-0.3, -0.25) is 0 Å². The van der Waals surface area contributed by atoms with Crippen LogP contribution < -0.4 is 4.90 Å². The number of aryl methyl sites for hydroxylation is 1. The standard InChI is InChI=1S/C23H29N3O/c1-14(2)13-25-11-12-26(17(25)6)21-16(5)7-8-18-19-9-10-20(15(3)4)24-23(19)27-22(18)21/h7-12,14-15,17H,13H2,1-6H3/t17-/m0/s1. The first kappa shape index (κ1) is 17.9. The molecule has 0 bridgehead atoms. The molecule has 0 fully saturated rings. The number of rotatable bonds is 4. The van der Waals surface area contributed by atoms with Gasteiger partial charge in [0.2, 0.25) is 5.71 Å². The van der Waals surface area contributed by atoms with Crippen molar-refractivity contribution < 1.29 is 4.42 Å². The summed E-state index contributed by atoms with van der Waals surface area (Å²) in [7, 11) is 0. The monoisotopic (exact) mass is 363 g/mol. The van der Waals surface area contributed by atoms with Crippen LogP contribution in [0.2, 0.25) is 0 Å². The molecule has 0 aliphatic carbocycles. The highest BCUT2D eigenvalue weighted by atomic mass is 16.3. The summed E-state index contributed by atoms with van der Waals surface area (Å²) in [6.07, 6.45) is 4.64. The molecule has 1 aliphatic heterocycles. The minimum absolute atomic E-state index is 0.268. The maximum atomic E-state index is 6.33. The Labute approximate surface area is 161 Å². The molecule has 0 amide bonds. The van der Waals surface area contributed by atoms with Crippen LogP contribution in [-0.4, -0.2) is 22.6 Å². The molecule has 27 heavy (non-hydrogen) atoms. The second kappa shape index (κ2) is 6.59. The van der Waals surface area contributed by atoms with E-state index in [1.807, 2.05) is 0 Å². The summed E-state index contributed by atoms with van der Waals surface area (Å²) in [5.41, 5.74) is 5.09. The molecule has 0 spiro atoms. The number of nitrogens with zero attached hydrogens (tertiary/aromatic N) is 3. The summed E-state index contributed by atoms with van der Waals surface area (Å²) in [6.45, 7) is 14.3. The molecule has 0 radical (unpaired) electrons. The van der Waals surface area contributed by atoms with Gasteiger partial charge in [0.15, 0.2) is 5.58 Å². The molecule has 0 unspecified atom stereocenters. The number of hydrogen-bond donors (Lipinski definition) is 0. The van der Waals surface area contributed by atoms with Crippen molar-refractivity contribution in [2.75, 3.05) is 11.4 Å². The lowest BCUT2D eigenvalue weighted by Crippen LogP contribution is -2.38. The quantitative estimate of drug-likeness (QED) is 0.568. The Kier molecular flexibility index (Phi) is 4.37. The molecule has 3 heterocycles. The van der Waals surface area contributed by atoms with Gasteiger partial charge in [0.05, 0.1) is 5.69 Å². The lowest BCUT2D eigenvalue weighted by atomic mass is 10.1. The fraction of sp³-hybridized carbons (Fsp3) is 0.435. The van der Waals surface area contributed by atoms with Gasteiger partial charge in [-0.25, -0.2) is 4.98 Å². The zero-order valence-corrected chi connectivity index (χ0v) is 17.2. The number of fused-ring (bicyclic) bond motifs is 3. The molecule has 1 aromatic carbocycles. The van der Waals surface area contributed by atoms with E-state index in [0.29, 0.717) is 11.8 Å². The molecule has 4 nitrogen and oxygen atoms in total. The third-order valence-electron chi connectivity index (χ3n) is 5.43. The molecule has 4 heteroatoms. The number of aromatic nitrogens is 1. The molecule has 142 valence electrons. The Morgan fingerprint density at radius 3 is 2.48 bits per heavy atom. The largest absolute Gasteiger partial charge is 0.435 e. The van der Waals surface area contributed by atoms with Gasteiger partial charge >= 0.3 is 0 Å². The average molecular weight is 364 g/mol. The fourth-order valence-electron chi connectivity index (χ4n) is 3.92. The van der Waals surface area contributed by atoms with Crippen molar-refractivity contribution >= 4 is 27.8 Å². The average Bonchev–Trinajstić information content (AvgIpc) is 3.15. The highest BCUT2D eigenvalue weighted by Gasteiger charge is 2.27. The van der Waals surface area contributed by atoms with Gasteiger partial charge in [0.1, 0.15) is 6.17 Å². The van der Waals surface area contributed by atoms with E-state index in [9.17, 15) is 0 Å². The maximum absolute atomic E-state index is 6.33. The van der Waals surface area contributed by atoms with E-state index >= 15 is 0 Å². The van der Waals surface area contributed by atoms with Crippen LogP contribution in [0.4, 0.5) is 5.69 Å². The molecule has 4 rings (SSSR count). The molecule has 0 saturated heterocycles. The molecule has 3 aromatic rings. The van der Waals surface area contributed by atoms with Gasteiger partial charge in [0, 0.05) is 35.4 Å². The van der Waals surface area contributed by atoms with Crippen molar-refractivity contribution in [3.05, 3.63) is 47.9 Å². The summed E-state index contributed by atoms with van der Waals surface area (Å²) in [4.78, 5) is 9.48. The highest BCUT2D eigenvalue weighted by molar-refractivity contribution is 6.08. The van der Waals surface area contributed by atoms with Crippen LogP contribution in [0.15, 0.2) is 41.1 Å². The highest BCUT2D eigenvalue weighted by Crippen LogP contribution is 2.39. The normalized spacial score (nSPS) is 17.4. The molecule has 1 aliphatic rings. The number of hydrogen-bond acceptors (Lipinski definition) is 4. The minimum Gasteiger partial charge on any atom is -0.435 e. The molecule has 0 saturated carbocycles. The van der Waals surface area contributed by atoms with Crippen LogP contribution in [0.25, 0.3) is 22.1 Å². The predicted octanol–water partition coefficient (Wildman–Crippen LogP) is 6.01. The van der Waals surface area contributed by atoms with Gasteiger partial charge in [-0.15, -0.1) is 0 Å². The Hall–Kier alpha value is -2.49. The van der Waals surface area contributed by atoms with Crippen molar-refractivity contribution in [3.63, 3.8) is 0 Å². The topological polar surface area (TPSA) is 32.5 Å². The lowest BCUT2D eigenvalue weighted by molar-refractivity contribution is 0.284. The summed E-state index contributed by atoms with van der Waals surface area (Å²) < 4.78 is 6.33. The zero-order valence-electron chi connectivity index (χ0n) is 17.2. The Balaban J connectivity index is 1.84. The van der Waals surface area contributed by atoms with Crippen LogP contribution in [0.5, 0.6) is 0 Å². The Morgan fingerprint density at radius 2 is 1.78 bits per heavy atom. The van der Waals surface area contributed by atoms with Crippen molar-refractivity contribution in [1.29, 1.82) is 0 Å². The predicted molar refractivity (Wildman–Crippen MR) is 113 cm³/mol. The summed E-state index contributed by atoms with van der Waals surface area (Å²) in [5, 5.41) is 2.22. The number of benzene rings is 1. The van der Waals surface area contributed by atoms with Crippen molar-refractivity contribution in [2.45, 2.75) is 53.6 Å². The van der Waals surface area contributed by atoms with Crippen molar-refractivity contribution in [2.24, 2.45) is 5.92 Å². The van der Waals surface area contributed by atoms with Crippen LogP contribution in [0.3, 0.4) is 0 Å². The van der Waals surface area contributed by atoms with E-state index in [0.717, 1.165) is 40.0 Å². The van der Waals surface area contributed by atoms with Crippen LogP contribution in [-0.2, 0) is 0 Å². The van der Waals surface area contributed by atoms with Gasteiger partial charge in [-0.05, 0) is 43.4 Å². The van der Waals surface area contributed by atoms with Crippen molar-refractivity contribution in [1.82, 2.24) is 9.88 Å². The first-order chi connectivity index (χ1) is 12.9. The Morgan fingerprint density at radius 1 is 1.04 bits per heavy atom. The van der Waals surface area contributed by atoms with Crippen LogP contribution in [0.1, 0.15) is 51.8 Å². The molecular formula is C23H29N3O. The van der Waals surface area contributed by atoms with E-state index in [1.54, 1.807) is 0 Å². The Bertz CT molecular complexity index is 1020. The van der Waals surface area contributed by atoms with Crippen LogP contribution in [0, 0.1) is 12.8 Å². The zero-order chi connectivity index (χ0) is 19.3. The van der Waals surface area contributed by atoms with Gasteiger partial charge in [0.25, 0.3) is 0 Å².